The molecule has 0 spiro atoms. The fourth-order valence-corrected chi connectivity index (χ4v) is 4.09. The molecule has 0 aliphatic carbocycles. The highest BCUT2D eigenvalue weighted by Gasteiger charge is 2.40. The summed E-state index contributed by atoms with van der Waals surface area (Å²) in [7, 11) is 1.75. The standard InChI is InChI=1S/C22H21N7O/c1-23-12-15-3-2-4-16(11-15)18-5-6-19-21(26-18)29(17-8-10-28(19)13-17)22(30)27-20-7-9-24-14-25-20/h2-7,9,11-12,14,17H,8,10,13H2,1H3,(H,24,25,27,30)/t17-/m0/s1. The van der Waals surface area contributed by atoms with E-state index in [4.69, 9.17) is 4.98 Å². The number of fused-ring (bicyclic) bond motifs is 4. The molecule has 8 heteroatoms. The number of hydrogen-bond acceptors (Lipinski definition) is 6. The quantitative estimate of drug-likeness (QED) is 0.684. The number of hydrogen-bond donors (Lipinski definition) is 1. The van der Waals surface area contributed by atoms with Crippen LogP contribution in [0.4, 0.5) is 22.1 Å². The zero-order valence-electron chi connectivity index (χ0n) is 16.6. The lowest BCUT2D eigenvalue weighted by atomic mass is 10.1. The van der Waals surface area contributed by atoms with Crippen molar-refractivity contribution in [1.29, 1.82) is 0 Å². The normalized spacial score (nSPS) is 17.3. The Balaban J connectivity index is 1.53. The zero-order valence-corrected chi connectivity index (χ0v) is 16.6. The summed E-state index contributed by atoms with van der Waals surface area (Å²) >= 11 is 0. The largest absolute Gasteiger partial charge is 0.366 e. The molecule has 0 saturated carbocycles. The van der Waals surface area contributed by atoms with Crippen LogP contribution in [0.3, 0.4) is 0 Å². The molecule has 2 aromatic heterocycles. The highest BCUT2D eigenvalue weighted by Crippen LogP contribution is 2.40. The molecule has 2 aliphatic heterocycles. The number of urea groups is 1. The van der Waals surface area contributed by atoms with E-state index < -0.39 is 0 Å². The Morgan fingerprint density at radius 2 is 2.20 bits per heavy atom. The van der Waals surface area contributed by atoms with Gasteiger partial charge < -0.3 is 4.90 Å². The number of nitrogens with zero attached hydrogens (tertiary/aromatic N) is 6. The van der Waals surface area contributed by atoms with E-state index >= 15 is 0 Å². The molecule has 30 heavy (non-hydrogen) atoms. The highest BCUT2D eigenvalue weighted by molar-refractivity contribution is 6.04. The van der Waals surface area contributed by atoms with Crippen LogP contribution < -0.4 is 15.1 Å². The van der Waals surface area contributed by atoms with E-state index in [0.29, 0.717) is 11.6 Å². The molecule has 1 atom stereocenters. The van der Waals surface area contributed by atoms with E-state index in [1.54, 1.807) is 24.2 Å². The molecule has 1 N–H and O–H groups in total. The summed E-state index contributed by atoms with van der Waals surface area (Å²) in [5, 5.41) is 2.88. The van der Waals surface area contributed by atoms with Gasteiger partial charge in [-0.15, -0.1) is 0 Å². The third-order valence-electron chi connectivity index (χ3n) is 5.45. The first-order chi connectivity index (χ1) is 14.7. The molecular formula is C22H21N7O. The number of anilines is 3. The molecule has 1 fully saturated rings. The minimum Gasteiger partial charge on any atom is -0.366 e. The number of aliphatic imine (C=N–C) groups is 1. The van der Waals surface area contributed by atoms with E-state index in [2.05, 4.69) is 31.2 Å². The van der Waals surface area contributed by atoms with E-state index in [0.717, 1.165) is 42.0 Å². The average molecular weight is 399 g/mol. The number of nitrogens with one attached hydrogen (secondary N) is 1. The van der Waals surface area contributed by atoms with Gasteiger partial charge in [-0.2, -0.15) is 0 Å². The Hall–Kier alpha value is -3.81. The van der Waals surface area contributed by atoms with Crippen LogP contribution in [0, 0.1) is 0 Å². The minimum absolute atomic E-state index is 0.0839. The van der Waals surface area contributed by atoms with Crippen LogP contribution in [0.25, 0.3) is 11.3 Å². The van der Waals surface area contributed by atoms with Crippen LogP contribution in [0.15, 0.2) is 60.0 Å². The molecule has 2 amide bonds. The van der Waals surface area contributed by atoms with E-state index in [1.165, 1.54) is 6.33 Å². The van der Waals surface area contributed by atoms with Crippen LogP contribution >= 0.6 is 0 Å². The third-order valence-corrected chi connectivity index (χ3v) is 5.45. The van der Waals surface area contributed by atoms with Crippen molar-refractivity contribution in [1.82, 2.24) is 15.0 Å². The SMILES string of the molecule is CN=Cc1cccc(-c2ccc3c(n2)N(C(=O)Nc2ccncn2)[C@H]2CCN3C2)c1. The first-order valence-corrected chi connectivity index (χ1v) is 9.88. The molecule has 4 heterocycles. The Labute approximate surface area is 174 Å². The molecule has 3 aromatic rings. The van der Waals surface area contributed by atoms with E-state index in [1.807, 2.05) is 36.5 Å². The first kappa shape index (κ1) is 18.2. The number of rotatable bonds is 3. The molecule has 8 nitrogen and oxygen atoms in total. The maximum atomic E-state index is 13.2. The third kappa shape index (κ3) is 3.26. The van der Waals surface area contributed by atoms with Crippen molar-refractivity contribution in [3.05, 3.63) is 60.6 Å². The van der Waals surface area contributed by atoms with Gasteiger partial charge in [-0.05, 0) is 36.2 Å². The smallest absolute Gasteiger partial charge is 0.329 e. The molecule has 2 aliphatic rings. The van der Waals surface area contributed by atoms with Crippen molar-refractivity contribution >= 4 is 29.6 Å². The van der Waals surface area contributed by atoms with Gasteiger partial charge in [0, 0.05) is 38.1 Å². The summed E-state index contributed by atoms with van der Waals surface area (Å²) in [5.74, 6) is 1.15. The van der Waals surface area contributed by atoms with Crippen molar-refractivity contribution in [2.24, 2.45) is 4.99 Å². The van der Waals surface area contributed by atoms with E-state index in [9.17, 15) is 4.79 Å². The van der Waals surface area contributed by atoms with Gasteiger partial charge in [0.15, 0.2) is 5.82 Å². The zero-order chi connectivity index (χ0) is 20.5. The lowest BCUT2D eigenvalue weighted by molar-refractivity contribution is 0.254. The van der Waals surface area contributed by atoms with Gasteiger partial charge in [-0.25, -0.2) is 19.7 Å². The Morgan fingerprint density at radius 3 is 3.03 bits per heavy atom. The van der Waals surface area contributed by atoms with Crippen molar-refractivity contribution in [2.75, 3.05) is 35.3 Å². The van der Waals surface area contributed by atoms with E-state index in [-0.39, 0.29) is 12.1 Å². The monoisotopic (exact) mass is 399 g/mol. The summed E-state index contributed by atoms with van der Waals surface area (Å²) < 4.78 is 0. The highest BCUT2D eigenvalue weighted by atomic mass is 16.2. The van der Waals surface area contributed by atoms with Crippen molar-refractivity contribution in [3.8, 4) is 11.3 Å². The lowest BCUT2D eigenvalue weighted by Gasteiger charge is -2.35. The number of benzene rings is 1. The van der Waals surface area contributed by atoms with Gasteiger partial charge in [0.1, 0.15) is 12.1 Å². The number of pyridine rings is 1. The second-order valence-electron chi connectivity index (χ2n) is 7.34. The number of aromatic nitrogens is 3. The summed E-state index contributed by atoms with van der Waals surface area (Å²) in [5.41, 5.74) is 3.80. The van der Waals surface area contributed by atoms with Crippen molar-refractivity contribution in [3.63, 3.8) is 0 Å². The number of carbonyl (C=O) groups is 1. The van der Waals surface area contributed by atoms with Gasteiger partial charge >= 0.3 is 6.03 Å². The minimum atomic E-state index is -0.224. The fraction of sp³-hybridized carbons (Fsp3) is 0.227. The molecule has 5 rings (SSSR count). The predicted octanol–water partition coefficient (Wildman–Crippen LogP) is 3.22. The summed E-state index contributed by atoms with van der Waals surface area (Å²) in [4.78, 5) is 34.3. The van der Waals surface area contributed by atoms with Crippen molar-refractivity contribution in [2.45, 2.75) is 12.5 Å². The van der Waals surface area contributed by atoms with Crippen LogP contribution in [-0.4, -0.2) is 53.4 Å². The lowest BCUT2D eigenvalue weighted by Crippen LogP contribution is -2.48. The van der Waals surface area contributed by atoms with Crippen molar-refractivity contribution < 1.29 is 4.79 Å². The summed E-state index contributed by atoms with van der Waals surface area (Å²) in [6.45, 7) is 1.73. The number of carbonyl (C=O) groups excluding carboxylic acids is 1. The fourth-order valence-electron chi connectivity index (χ4n) is 4.09. The summed E-state index contributed by atoms with van der Waals surface area (Å²) in [6, 6.07) is 13.7. The van der Waals surface area contributed by atoms with Crippen LogP contribution in [0.5, 0.6) is 0 Å². The molecular weight excluding hydrogens is 378 g/mol. The summed E-state index contributed by atoms with van der Waals surface area (Å²) in [6.07, 6.45) is 5.74. The van der Waals surface area contributed by atoms with Gasteiger partial charge in [-0.3, -0.25) is 15.2 Å². The molecule has 1 aromatic carbocycles. The molecule has 1 saturated heterocycles. The van der Waals surface area contributed by atoms with Gasteiger partial charge in [-0.1, -0.05) is 18.2 Å². The second-order valence-corrected chi connectivity index (χ2v) is 7.34. The van der Waals surface area contributed by atoms with Gasteiger partial charge in [0.2, 0.25) is 0 Å². The van der Waals surface area contributed by atoms with Gasteiger partial charge in [0.05, 0.1) is 17.4 Å². The Bertz CT molecular complexity index is 1120. The number of amides is 2. The van der Waals surface area contributed by atoms with Crippen LogP contribution in [-0.2, 0) is 0 Å². The topological polar surface area (TPSA) is 86.6 Å². The molecule has 2 bridgehead atoms. The Morgan fingerprint density at radius 1 is 1.27 bits per heavy atom. The first-order valence-electron chi connectivity index (χ1n) is 9.88. The maximum Gasteiger partial charge on any atom is 0.329 e. The van der Waals surface area contributed by atoms with Crippen LogP contribution in [0.2, 0.25) is 0 Å². The second kappa shape index (κ2) is 7.55. The van der Waals surface area contributed by atoms with Gasteiger partial charge in [0.25, 0.3) is 0 Å². The molecule has 0 unspecified atom stereocenters. The maximum absolute atomic E-state index is 13.2. The van der Waals surface area contributed by atoms with Crippen LogP contribution in [0.1, 0.15) is 12.0 Å². The Kier molecular flexibility index (Phi) is 4.59. The predicted molar refractivity (Wildman–Crippen MR) is 117 cm³/mol. The molecule has 0 radical (unpaired) electrons. The molecule has 150 valence electrons. The average Bonchev–Trinajstić information content (AvgIpc) is 3.19.